The van der Waals surface area contributed by atoms with Gasteiger partial charge in [-0.15, -0.1) is 0 Å². The Morgan fingerprint density at radius 1 is 1.21 bits per heavy atom. The van der Waals surface area contributed by atoms with Gasteiger partial charge in [0.05, 0.1) is 12.6 Å². The van der Waals surface area contributed by atoms with E-state index in [9.17, 15) is 4.79 Å². The zero-order valence-electron chi connectivity index (χ0n) is 13.8. The Labute approximate surface area is 148 Å². The first-order chi connectivity index (χ1) is 11.6. The molecule has 0 aliphatic heterocycles. The SMILES string of the molecule is CC(NCc1ccc(OCCCc2ccccc2Cl)cc1)C(N)=O. The number of primary amides is 1. The lowest BCUT2D eigenvalue weighted by molar-refractivity contribution is -0.119. The van der Waals surface area contributed by atoms with Gasteiger partial charge in [0.25, 0.3) is 0 Å². The fourth-order valence-electron chi connectivity index (χ4n) is 2.23. The van der Waals surface area contributed by atoms with E-state index in [4.69, 9.17) is 22.1 Å². The molecule has 5 heteroatoms. The number of benzene rings is 2. The van der Waals surface area contributed by atoms with Crippen molar-refractivity contribution in [3.8, 4) is 5.75 Å². The number of ether oxygens (including phenoxy) is 1. The van der Waals surface area contributed by atoms with Gasteiger partial charge in [-0.3, -0.25) is 4.79 Å². The van der Waals surface area contributed by atoms with E-state index in [1.54, 1.807) is 6.92 Å². The van der Waals surface area contributed by atoms with Crippen LogP contribution in [0.3, 0.4) is 0 Å². The number of carbonyl (C=O) groups excluding carboxylic acids is 1. The predicted molar refractivity (Wildman–Crippen MR) is 97.2 cm³/mol. The summed E-state index contributed by atoms with van der Waals surface area (Å²) in [6, 6.07) is 15.3. The molecule has 4 nitrogen and oxygen atoms in total. The van der Waals surface area contributed by atoms with Crippen molar-refractivity contribution in [1.29, 1.82) is 0 Å². The van der Waals surface area contributed by atoms with Gasteiger partial charge in [-0.05, 0) is 49.1 Å². The van der Waals surface area contributed by atoms with E-state index in [2.05, 4.69) is 5.32 Å². The summed E-state index contributed by atoms with van der Waals surface area (Å²) in [6.07, 6.45) is 1.80. The maximum absolute atomic E-state index is 11.0. The molecule has 2 rings (SSSR count). The van der Waals surface area contributed by atoms with Crippen LogP contribution in [0.5, 0.6) is 5.75 Å². The Bertz CT molecular complexity index is 659. The summed E-state index contributed by atoms with van der Waals surface area (Å²) in [4.78, 5) is 11.0. The number of amides is 1. The Hall–Kier alpha value is -2.04. The van der Waals surface area contributed by atoms with E-state index in [0.29, 0.717) is 13.2 Å². The van der Waals surface area contributed by atoms with Crippen LogP contribution in [0.4, 0.5) is 0 Å². The number of hydrogen-bond acceptors (Lipinski definition) is 3. The number of halogens is 1. The Morgan fingerprint density at radius 2 is 1.92 bits per heavy atom. The molecule has 0 bridgehead atoms. The number of aryl methyl sites for hydroxylation is 1. The van der Waals surface area contributed by atoms with Gasteiger partial charge in [0.1, 0.15) is 5.75 Å². The first-order valence-corrected chi connectivity index (χ1v) is 8.42. The number of nitrogens with one attached hydrogen (secondary N) is 1. The summed E-state index contributed by atoms with van der Waals surface area (Å²) in [5.74, 6) is 0.481. The van der Waals surface area contributed by atoms with E-state index in [0.717, 1.165) is 34.7 Å². The average molecular weight is 347 g/mol. The van der Waals surface area contributed by atoms with Gasteiger partial charge in [-0.1, -0.05) is 41.9 Å². The smallest absolute Gasteiger partial charge is 0.234 e. The molecule has 24 heavy (non-hydrogen) atoms. The predicted octanol–water partition coefficient (Wildman–Crippen LogP) is 3.32. The summed E-state index contributed by atoms with van der Waals surface area (Å²) < 4.78 is 5.75. The number of hydrogen-bond donors (Lipinski definition) is 2. The van der Waals surface area contributed by atoms with Crippen molar-refractivity contribution in [3.63, 3.8) is 0 Å². The van der Waals surface area contributed by atoms with Crippen LogP contribution in [0.25, 0.3) is 0 Å². The van der Waals surface area contributed by atoms with Crippen molar-refractivity contribution < 1.29 is 9.53 Å². The molecular weight excluding hydrogens is 324 g/mol. The minimum absolute atomic E-state index is 0.342. The third-order valence-corrected chi connectivity index (χ3v) is 4.15. The minimum Gasteiger partial charge on any atom is -0.494 e. The fourth-order valence-corrected chi connectivity index (χ4v) is 2.46. The van der Waals surface area contributed by atoms with Gasteiger partial charge in [-0.2, -0.15) is 0 Å². The van der Waals surface area contributed by atoms with Gasteiger partial charge in [0.2, 0.25) is 5.91 Å². The highest BCUT2D eigenvalue weighted by molar-refractivity contribution is 6.31. The van der Waals surface area contributed by atoms with Crippen LogP contribution in [0.1, 0.15) is 24.5 Å². The molecule has 2 aromatic rings. The molecule has 0 aliphatic rings. The fraction of sp³-hybridized carbons (Fsp3) is 0.316. The first-order valence-electron chi connectivity index (χ1n) is 8.04. The molecule has 1 amide bonds. The van der Waals surface area contributed by atoms with E-state index in [-0.39, 0.29) is 11.9 Å². The van der Waals surface area contributed by atoms with Crippen LogP contribution in [0, 0.1) is 0 Å². The summed E-state index contributed by atoms with van der Waals surface area (Å²) in [5.41, 5.74) is 7.44. The zero-order valence-corrected chi connectivity index (χ0v) is 14.6. The monoisotopic (exact) mass is 346 g/mol. The summed E-state index contributed by atoms with van der Waals surface area (Å²) in [7, 11) is 0. The molecule has 0 aliphatic carbocycles. The van der Waals surface area contributed by atoms with Crippen LogP contribution >= 0.6 is 11.6 Å². The van der Waals surface area contributed by atoms with Gasteiger partial charge < -0.3 is 15.8 Å². The summed E-state index contributed by atoms with van der Waals surface area (Å²) >= 11 is 6.13. The second kappa shape index (κ2) is 9.30. The van der Waals surface area contributed by atoms with Crippen LogP contribution in [-0.4, -0.2) is 18.6 Å². The van der Waals surface area contributed by atoms with Gasteiger partial charge in [0.15, 0.2) is 0 Å². The standard InChI is InChI=1S/C19H23ClN2O2/c1-14(19(21)23)22-13-15-8-10-17(11-9-15)24-12-4-6-16-5-2-3-7-18(16)20/h2-3,5,7-11,14,22H,4,6,12-13H2,1H3,(H2,21,23). The lowest BCUT2D eigenvalue weighted by atomic mass is 10.1. The molecular formula is C19H23ClN2O2. The lowest BCUT2D eigenvalue weighted by Gasteiger charge is -2.11. The first kappa shape index (κ1) is 18.3. The van der Waals surface area contributed by atoms with E-state index in [1.165, 1.54) is 0 Å². The molecule has 3 N–H and O–H groups in total. The van der Waals surface area contributed by atoms with Crippen LogP contribution in [-0.2, 0) is 17.8 Å². The highest BCUT2D eigenvalue weighted by atomic mass is 35.5. The number of nitrogens with two attached hydrogens (primary N) is 1. The molecule has 0 saturated heterocycles. The quantitative estimate of drug-likeness (QED) is 0.685. The van der Waals surface area contributed by atoms with Crippen molar-refractivity contribution in [2.45, 2.75) is 32.4 Å². The van der Waals surface area contributed by atoms with Gasteiger partial charge in [-0.25, -0.2) is 0 Å². The Kier molecular flexibility index (Phi) is 7.09. The van der Waals surface area contributed by atoms with Crippen molar-refractivity contribution in [2.24, 2.45) is 5.73 Å². The summed E-state index contributed by atoms with van der Waals surface area (Å²) in [5, 5.41) is 3.87. The molecule has 1 unspecified atom stereocenters. The largest absolute Gasteiger partial charge is 0.494 e. The molecule has 1 atom stereocenters. The molecule has 0 heterocycles. The molecule has 128 valence electrons. The Balaban J connectivity index is 1.72. The van der Waals surface area contributed by atoms with Gasteiger partial charge in [0, 0.05) is 11.6 Å². The third-order valence-electron chi connectivity index (χ3n) is 3.78. The van der Waals surface area contributed by atoms with Gasteiger partial charge >= 0.3 is 0 Å². The van der Waals surface area contributed by atoms with E-state index in [1.807, 2.05) is 48.5 Å². The normalized spacial score (nSPS) is 11.9. The van der Waals surface area contributed by atoms with Crippen molar-refractivity contribution in [2.75, 3.05) is 6.61 Å². The maximum Gasteiger partial charge on any atom is 0.234 e. The molecule has 0 fully saturated rings. The molecule has 0 spiro atoms. The number of rotatable bonds is 9. The highest BCUT2D eigenvalue weighted by Crippen LogP contribution is 2.17. The van der Waals surface area contributed by atoms with Crippen molar-refractivity contribution in [1.82, 2.24) is 5.32 Å². The molecule has 0 saturated carbocycles. The third kappa shape index (κ3) is 5.87. The number of carbonyl (C=O) groups is 1. The van der Waals surface area contributed by atoms with Crippen LogP contribution in [0.15, 0.2) is 48.5 Å². The lowest BCUT2D eigenvalue weighted by Crippen LogP contribution is -2.38. The highest BCUT2D eigenvalue weighted by Gasteiger charge is 2.07. The van der Waals surface area contributed by atoms with Crippen molar-refractivity contribution in [3.05, 3.63) is 64.7 Å². The second-order valence-electron chi connectivity index (χ2n) is 5.69. The van der Waals surface area contributed by atoms with E-state index >= 15 is 0 Å². The zero-order chi connectivity index (χ0) is 17.4. The maximum atomic E-state index is 11.0. The molecule has 2 aromatic carbocycles. The molecule has 0 radical (unpaired) electrons. The second-order valence-corrected chi connectivity index (χ2v) is 6.10. The van der Waals surface area contributed by atoms with Crippen molar-refractivity contribution >= 4 is 17.5 Å². The Morgan fingerprint density at radius 3 is 2.58 bits per heavy atom. The topological polar surface area (TPSA) is 64.3 Å². The van der Waals surface area contributed by atoms with Crippen LogP contribution in [0.2, 0.25) is 5.02 Å². The summed E-state index contributed by atoms with van der Waals surface area (Å²) in [6.45, 7) is 2.98. The van der Waals surface area contributed by atoms with E-state index < -0.39 is 0 Å². The average Bonchev–Trinajstić information content (AvgIpc) is 2.59. The minimum atomic E-state index is -0.353. The molecule has 0 aromatic heterocycles. The van der Waals surface area contributed by atoms with Crippen LogP contribution < -0.4 is 15.8 Å².